The Hall–Kier alpha value is -3.76. The minimum absolute atomic E-state index is 0.0490. The molecule has 0 radical (unpaired) electrons. The zero-order valence-corrected chi connectivity index (χ0v) is 20.1. The van der Waals surface area contributed by atoms with Gasteiger partial charge in [0.2, 0.25) is 0 Å². The fourth-order valence-corrected chi connectivity index (χ4v) is 3.88. The highest BCUT2D eigenvalue weighted by atomic mass is 16.7. The third-order valence-electron chi connectivity index (χ3n) is 5.88. The van der Waals surface area contributed by atoms with Crippen LogP contribution in [0.25, 0.3) is 0 Å². The summed E-state index contributed by atoms with van der Waals surface area (Å²) in [6, 6.07) is 23.5. The van der Waals surface area contributed by atoms with Crippen molar-refractivity contribution in [2.45, 2.75) is 37.3 Å². The second-order valence-electron chi connectivity index (χ2n) is 8.35. The summed E-state index contributed by atoms with van der Waals surface area (Å²) < 4.78 is 28.0. The molecule has 0 spiro atoms. The summed E-state index contributed by atoms with van der Waals surface area (Å²) >= 11 is 0. The van der Waals surface area contributed by atoms with Gasteiger partial charge in [0.1, 0.15) is 18.0 Å². The number of hydrogen-bond donors (Lipinski definition) is 2. The summed E-state index contributed by atoms with van der Waals surface area (Å²) in [4.78, 5) is 25.5. The first-order valence-corrected chi connectivity index (χ1v) is 11.7. The molecule has 0 aromatic heterocycles. The lowest BCUT2D eigenvalue weighted by Crippen LogP contribution is -2.61. The molecule has 5 atom stereocenters. The Balaban J connectivity index is 1.55. The Morgan fingerprint density at radius 3 is 1.86 bits per heavy atom. The predicted molar refractivity (Wildman–Crippen MR) is 131 cm³/mol. The minimum atomic E-state index is -1.55. The Bertz CT molecular complexity index is 1150. The van der Waals surface area contributed by atoms with Crippen molar-refractivity contribution < 1.29 is 43.5 Å². The maximum Gasteiger partial charge on any atom is 0.338 e. The van der Waals surface area contributed by atoms with Crippen LogP contribution in [0.5, 0.6) is 5.75 Å². The molecule has 2 N–H and O–H groups in total. The lowest BCUT2D eigenvalue weighted by Gasteiger charge is -2.42. The van der Waals surface area contributed by atoms with E-state index in [1.807, 2.05) is 0 Å². The molecule has 4 rings (SSSR count). The maximum absolute atomic E-state index is 12.8. The Morgan fingerprint density at radius 1 is 0.811 bits per heavy atom. The molecule has 37 heavy (non-hydrogen) atoms. The van der Waals surface area contributed by atoms with Gasteiger partial charge in [-0.2, -0.15) is 0 Å². The molecule has 0 bridgehead atoms. The molecule has 1 heterocycles. The number of rotatable bonds is 9. The van der Waals surface area contributed by atoms with Crippen molar-refractivity contribution in [1.29, 1.82) is 0 Å². The number of ether oxygens (including phenoxy) is 5. The number of carbonyl (C=O) groups is 2. The van der Waals surface area contributed by atoms with E-state index >= 15 is 0 Å². The molecule has 1 saturated heterocycles. The Morgan fingerprint density at radius 2 is 1.35 bits per heavy atom. The van der Waals surface area contributed by atoms with Gasteiger partial charge in [0.25, 0.3) is 0 Å². The van der Waals surface area contributed by atoms with Crippen LogP contribution in [0, 0.1) is 0 Å². The van der Waals surface area contributed by atoms with Crippen LogP contribution in [0.3, 0.4) is 0 Å². The monoisotopic (exact) mass is 508 g/mol. The molecule has 3 aromatic rings. The molecule has 0 saturated carbocycles. The fourth-order valence-electron chi connectivity index (χ4n) is 3.88. The average molecular weight is 509 g/mol. The second-order valence-corrected chi connectivity index (χ2v) is 8.35. The standard InChI is InChI=1S/C28H28O9/c1-33-21-14-12-18(13-15-21)17-34-28-25(37-27(32)20-10-6-3-7-11-20)23(30)24(22(16-29)35-28)36-26(31)19-8-4-2-5-9-19/h2-15,22-25,28-30H,16-17H2,1H3/t22-,23+,24+,25-,28-/m1/s1. The van der Waals surface area contributed by atoms with Gasteiger partial charge in [0, 0.05) is 0 Å². The van der Waals surface area contributed by atoms with Crippen LogP contribution in [0.1, 0.15) is 26.3 Å². The van der Waals surface area contributed by atoms with Crippen molar-refractivity contribution in [3.63, 3.8) is 0 Å². The van der Waals surface area contributed by atoms with Gasteiger partial charge in [-0.1, -0.05) is 48.5 Å². The number of aliphatic hydroxyl groups excluding tert-OH is 2. The highest BCUT2D eigenvalue weighted by Gasteiger charge is 2.50. The fraction of sp³-hybridized carbons (Fsp3) is 0.286. The summed E-state index contributed by atoms with van der Waals surface area (Å²) in [5.74, 6) is -0.773. The van der Waals surface area contributed by atoms with E-state index in [-0.39, 0.29) is 17.7 Å². The highest BCUT2D eigenvalue weighted by Crippen LogP contribution is 2.29. The molecular weight excluding hydrogens is 480 g/mol. The third kappa shape index (κ3) is 6.52. The summed E-state index contributed by atoms with van der Waals surface area (Å²) in [6.07, 6.45) is -6.62. The van der Waals surface area contributed by atoms with Crippen LogP contribution in [0.4, 0.5) is 0 Å². The van der Waals surface area contributed by atoms with E-state index in [1.165, 1.54) is 0 Å². The van der Waals surface area contributed by atoms with Crippen LogP contribution >= 0.6 is 0 Å². The number of aliphatic hydroxyl groups is 2. The number of hydrogen-bond acceptors (Lipinski definition) is 9. The van der Waals surface area contributed by atoms with Crippen molar-refractivity contribution in [2.75, 3.05) is 13.7 Å². The first-order chi connectivity index (χ1) is 18.0. The van der Waals surface area contributed by atoms with Crippen molar-refractivity contribution >= 4 is 11.9 Å². The Labute approximate surface area is 214 Å². The third-order valence-corrected chi connectivity index (χ3v) is 5.88. The summed E-state index contributed by atoms with van der Waals surface area (Å²) in [7, 11) is 1.56. The molecule has 0 amide bonds. The second kappa shape index (κ2) is 12.5. The largest absolute Gasteiger partial charge is 0.497 e. The number of carbonyl (C=O) groups excluding carboxylic acids is 2. The Kier molecular flexibility index (Phi) is 8.86. The van der Waals surface area contributed by atoms with Gasteiger partial charge in [0.15, 0.2) is 18.5 Å². The SMILES string of the molecule is COc1ccc(CO[C@@H]2O[C@H](CO)[C@H](OC(=O)c3ccccc3)[C@H](O)[C@H]2OC(=O)c2ccccc2)cc1. The van der Waals surface area contributed by atoms with Crippen LogP contribution in [0.2, 0.25) is 0 Å². The topological polar surface area (TPSA) is 121 Å². The van der Waals surface area contributed by atoms with Gasteiger partial charge in [-0.15, -0.1) is 0 Å². The molecule has 9 nitrogen and oxygen atoms in total. The first kappa shape index (κ1) is 26.3. The number of methoxy groups -OCH3 is 1. The molecular formula is C28H28O9. The van der Waals surface area contributed by atoms with Crippen molar-refractivity contribution in [2.24, 2.45) is 0 Å². The molecule has 1 aliphatic rings. The van der Waals surface area contributed by atoms with Gasteiger partial charge in [-0.3, -0.25) is 0 Å². The van der Waals surface area contributed by atoms with Crippen LogP contribution in [-0.4, -0.2) is 66.6 Å². The quantitative estimate of drug-likeness (QED) is 0.420. The van der Waals surface area contributed by atoms with E-state index in [0.29, 0.717) is 5.75 Å². The van der Waals surface area contributed by atoms with E-state index in [2.05, 4.69) is 0 Å². The van der Waals surface area contributed by atoms with Crippen LogP contribution in [-0.2, 0) is 25.6 Å². The van der Waals surface area contributed by atoms with Gasteiger partial charge in [-0.25, -0.2) is 9.59 Å². The van der Waals surface area contributed by atoms with E-state index < -0.39 is 49.3 Å². The molecule has 0 aliphatic carbocycles. The van der Waals surface area contributed by atoms with Gasteiger partial charge >= 0.3 is 11.9 Å². The van der Waals surface area contributed by atoms with Gasteiger partial charge in [-0.05, 0) is 42.0 Å². The maximum atomic E-state index is 12.8. The van der Waals surface area contributed by atoms with Gasteiger partial charge < -0.3 is 33.9 Å². The van der Waals surface area contributed by atoms with Crippen molar-refractivity contribution in [3.05, 3.63) is 102 Å². The molecule has 1 fully saturated rings. The van der Waals surface area contributed by atoms with E-state index in [0.717, 1.165) is 5.56 Å². The average Bonchev–Trinajstić information content (AvgIpc) is 2.95. The van der Waals surface area contributed by atoms with Crippen molar-refractivity contribution in [3.8, 4) is 5.75 Å². The molecule has 9 heteroatoms. The van der Waals surface area contributed by atoms with Crippen molar-refractivity contribution in [1.82, 2.24) is 0 Å². The molecule has 3 aromatic carbocycles. The highest BCUT2D eigenvalue weighted by molar-refractivity contribution is 5.90. The molecule has 1 aliphatic heterocycles. The number of benzene rings is 3. The first-order valence-electron chi connectivity index (χ1n) is 11.7. The predicted octanol–water partition coefficient (Wildman–Crippen LogP) is 2.74. The minimum Gasteiger partial charge on any atom is -0.497 e. The summed E-state index contributed by atoms with van der Waals surface area (Å²) in [6.45, 7) is -0.529. The normalized spacial score (nSPS) is 23.2. The zero-order chi connectivity index (χ0) is 26.2. The zero-order valence-electron chi connectivity index (χ0n) is 20.1. The summed E-state index contributed by atoms with van der Waals surface area (Å²) in [5, 5.41) is 21.2. The molecule has 0 unspecified atom stereocenters. The lowest BCUT2D eigenvalue weighted by molar-refractivity contribution is -0.302. The van der Waals surface area contributed by atoms with Gasteiger partial charge in [0.05, 0.1) is 31.5 Å². The molecule has 194 valence electrons. The lowest BCUT2D eigenvalue weighted by atomic mass is 9.98. The van der Waals surface area contributed by atoms with Crippen LogP contribution < -0.4 is 4.74 Å². The summed E-state index contributed by atoms with van der Waals surface area (Å²) in [5.41, 5.74) is 1.28. The smallest absolute Gasteiger partial charge is 0.338 e. The van der Waals surface area contributed by atoms with E-state index in [9.17, 15) is 19.8 Å². The van der Waals surface area contributed by atoms with E-state index in [1.54, 1.807) is 92.0 Å². The van der Waals surface area contributed by atoms with Crippen LogP contribution in [0.15, 0.2) is 84.9 Å². The number of esters is 2. The van der Waals surface area contributed by atoms with E-state index in [4.69, 9.17) is 23.7 Å².